The van der Waals surface area contributed by atoms with Crippen LogP contribution in [0.1, 0.15) is 69.6 Å². The van der Waals surface area contributed by atoms with Gasteiger partial charge in [-0.25, -0.2) is 0 Å². The van der Waals surface area contributed by atoms with Crippen molar-refractivity contribution in [3.05, 3.63) is 126 Å². The smallest absolute Gasteiger partial charge is 0.0547 e. The number of aromatic nitrogens is 1. The maximum absolute atomic E-state index is 2.65. The molecule has 4 fully saturated rings. The highest BCUT2D eigenvalue weighted by Gasteiger charge is 2.61. The molecule has 1 nitrogen and oxygen atoms in total. The molecule has 1 spiro atoms. The van der Waals surface area contributed by atoms with Crippen LogP contribution >= 0.6 is 0 Å². The van der Waals surface area contributed by atoms with Crippen LogP contribution in [0.25, 0.3) is 49.7 Å². The molecule has 0 saturated heterocycles. The average molecular weight is 584 g/mol. The summed E-state index contributed by atoms with van der Waals surface area (Å²) in [6.07, 6.45) is 7.16. The van der Waals surface area contributed by atoms with Crippen LogP contribution < -0.4 is 0 Å². The Kier molecular flexibility index (Phi) is 5.23. The summed E-state index contributed by atoms with van der Waals surface area (Å²) in [6, 6.07) is 42.2. The van der Waals surface area contributed by atoms with Crippen molar-refractivity contribution in [2.75, 3.05) is 0 Å². The number of hydrogen-bond acceptors (Lipinski definition) is 0. The Labute approximate surface area is 266 Å². The van der Waals surface area contributed by atoms with Gasteiger partial charge >= 0.3 is 0 Å². The Bertz CT molecular complexity index is 2120. The second-order valence-corrected chi connectivity index (χ2v) is 15.8. The summed E-state index contributed by atoms with van der Waals surface area (Å²) in [5.41, 5.74) is 14.5. The topological polar surface area (TPSA) is 4.93 Å². The summed E-state index contributed by atoms with van der Waals surface area (Å²) in [7, 11) is 0. The van der Waals surface area contributed by atoms with Gasteiger partial charge < -0.3 is 4.57 Å². The lowest BCUT2D eigenvalue weighted by Gasteiger charge is -2.61. The number of para-hydroxylation sites is 1. The van der Waals surface area contributed by atoms with E-state index in [4.69, 9.17) is 0 Å². The van der Waals surface area contributed by atoms with Crippen molar-refractivity contribution >= 4 is 21.8 Å². The van der Waals surface area contributed by atoms with E-state index in [1.807, 2.05) is 0 Å². The van der Waals surface area contributed by atoms with E-state index in [-0.39, 0.29) is 10.8 Å². The molecule has 6 aromatic rings. The molecule has 4 saturated carbocycles. The fraction of sp³-hybridized carbons (Fsp3) is 0.318. The standard InChI is InChI=1S/C44H41N/c1-43(2,3)30-16-18-33(19-17-30)45-40-13-7-5-10-37(40)42-34(11-8-14-41(42)45)29-15-20-36-35-9-4-6-12-38(35)44(39(36)26-29)31-22-27-21-28(24-31)25-32(44)23-27/h4-20,26-28,31-32H,21-25H2,1-3H3. The second-order valence-electron chi connectivity index (χ2n) is 15.8. The molecule has 5 aliphatic carbocycles. The van der Waals surface area contributed by atoms with Gasteiger partial charge in [0.2, 0.25) is 0 Å². The first kappa shape index (κ1) is 26.1. The Morgan fingerprint density at radius 2 is 1.22 bits per heavy atom. The zero-order valence-corrected chi connectivity index (χ0v) is 26.7. The average Bonchev–Trinajstić information content (AvgIpc) is 3.54. The third kappa shape index (κ3) is 3.45. The SMILES string of the molecule is CC(C)(C)c1ccc(-n2c3ccccc3c3c(-c4ccc5c(c4)C4(c6ccccc6-5)C5CC6CC(C5)CC4C6)cccc32)cc1. The van der Waals surface area contributed by atoms with E-state index < -0.39 is 0 Å². The van der Waals surface area contributed by atoms with E-state index in [0.29, 0.717) is 0 Å². The van der Waals surface area contributed by atoms with Crippen LogP contribution in [0.5, 0.6) is 0 Å². The van der Waals surface area contributed by atoms with Crippen LogP contribution in [0.2, 0.25) is 0 Å². The molecule has 0 aliphatic heterocycles. The maximum Gasteiger partial charge on any atom is 0.0547 e. The largest absolute Gasteiger partial charge is 0.309 e. The minimum absolute atomic E-state index is 0.133. The molecule has 0 unspecified atom stereocenters. The fourth-order valence-electron chi connectivity index (χ4n) is 11.0. The molecule has 5 aromatic carbocycles. The number of hydrogen-bond donors (Lipinski definition) is 0. The van der Waals surface area contributed by atoms with Gasteiger partial charge in [-0.05, 0) is 130 Å². The molecule has 4 bridgehead atoms. The highest BCUT2D eigenvalue weighted by Crippen LogP contribution is 2.69. The molecule has 45 heavy (non-hydrogen) atoms. The number of nitrogens with zero attached hydrogens (tertiary/aromatic N) is 1. The van der Waals surface area contributed by atoms with Gasteiger partial charge in [0.15, 0.2) is 0 Å². The molecule has 222 valence electrons. The van der Waals surface area contributed by atoms with Gasteiger partial charge in [-0.15, -0.1) is 0 Å². The molecule has 1 aromatic heterocycles. The molecule has 11 rings (SSSR count). The van der Waals surface area contributed by atoms with Crippen LogP contribution in [-0.2, 0) is 10.8 Å². The summed E-state index contributed by atoms with van der Waals surface area (Å²) in [4.78, 5) is 0. The van der Waals surface area contributed by atoms with Crippen molar-refractivity contribution in [3.63, 3.8) is 0 Å². The van der Waals surface area contributed by atoms with Gasteiger partial charge in [-0.2, -0.15) is 0 Å². The molecular weight excluding hydrogens is 542 g/mol. The fourth-order valence-corrected chi connectivity index (χ4v) is 11.0. The summed E-state index contributed by atoms with van der Waals surface area (Å²) >= 11 is 0. The lowest BCUT2D eigenvalue weighted by molar-refractivity contribution is -0.0399. The van der Waals surface area contributed by atoms with Crippen molar-refractivity contribution < 1.29 is 0 Å². The molecule has 0 radical (unpaired) electrons. The zero-order valence-electron chi connectivity index (χ0n) is 26.7. The van der Waals surface area contributed by atoms with Gasteiger partial charge in [0, 0.05) is 21.9 Å². The van der Waals surface area contributed by atoms with E-state index in [1.165, 1.54) is 87.4 Å². The monoisotopic (exact) mass is 583 g/mol. The van der Waals surface area contributed by atoms with Crippen molar-refractivity contribution in [3.8, 4) is 27.9 Å². The molecule has 5 aliphatic rings. The van der Waals surface area contributed by atoms with Crippen LogP contribution in [0.4, 0.5) is 0 Å². The van der Waals surface area contributed by atoms with Crippen molar-refractivity contribution in [1.82, 2.24) is 4.57 Å². The summed E-state index contributed by atoms with van der Waals surface area (Å²) in [6.45, 7) is 6.87. The van der Waals surface area contributed by atoms with Gasteiger partial charge in [-0.1, -0.05) is 99.6 Å². The third-order valence-corrected chi connectivity index (χ3v) is 12.6. The predicted molar refractivity (Wildman–Crippen MR) is 188 cm³/mol. The number of fused-ring (bicyclic) bond motifs is 6. The molecular formula is C44H41N. The van der Waals surface area contributed by atoms with Crippen molar-refractivity contribution in [2.24, 2.45) is 23.7 Å². The third-order valence-electron chi connectivity index (χ3n) is 12.6. The van der Waals surface area contributed by atoms with E-state index in [2.05, 4.69) is 135 Å². The zero-order chi connectivity index (χ0) is 30.1. The van der Waals surface area contributed by atoms with E-state index >= 15 is 0 Å². The summed E-state index contributed by atoms with van der Waals surface area (Å²) < 4.78 is 2.48. The van der Waals surface area contributed by atoms with E-state index in [1.54, 1.807) is 11.1 Å². The van der Waals surface area contributed by atoms with Gasteiger partial charge in [0.1, 0.15) is 0 Å². The molecule has 0 N–H and O–H groups in total. The van der Waals surface area contributed by atoms with E-state index in [9.17, 15) is 0 Å². The maximum atomic E-state index is 2.65. The Morgan fingerprint density at radius 1 is 0.578 bits per heavy atom. The van der Waals surface area contributed by atoms with Crippen LogP contribution in [0.15, 0.2) is 109 Å². The molecule has 1 heterocycles. The van der Waals surface area contributed by atoms with E-state index in [0.717, 1.165) is 23.7 Å². The van der Waals surface area contributed by atoms with Gasteiger partial charge in [0.05, 0.1) is 11.0 Å². The lowest BCUT2D eigenvalue weighted by Crippen LogP contribution is -2.55. The minimum Gasteiger partial charge on any atom is -0.309 e. The first-order valence-corrected chi connectivity index (χ1v) is 17.3. The minimum atomic E-state index is 0.133. The number of rotatable bonds is 2. The summed E-state index contributed by atoms with van der Waals surface area (Å²) in [5.74, 6) is 3.46. The van der Waals surface area contributed by atoms with Crippen molar-refractivity contribution in [1.29, 1.82) is 0 Å². The highest BCUT2D eigenvalue weighted by atomic mass is 15.0. The van der Waals surface area contributed by atoms with Crippen LogP contribution in [0, 0.1) is 23.7 Å². The van der Waals surface area contributed by atoms with Crippen LogP contribution in [-0.4, -0.2) is 4.57 Å². The molecule has 0 amide bonds. The second kappa shape index (κ2) is 9.00. The Morgan fingerprint density at radius 3 is 1.98 bits per heavy atom. The van der Waals surface area contributed by atoms with Crippen LogP contribution in [0.3, 0.4) is 0 Å². The predicted octanol–water partition coefficient (Wildman–Crippen LogP) is 11.5. The van der Waals surface area contributed by atoms with Gasteiger partial charge in [0.25, 0.3) is 0 Å². The number of benzene rings is 5. The first-order valence-electron chi connectivity index (χ1n) is 17.3. The van der Waals surface area contributed by atoms with Crippen molar-refractivity contribution in [2.45, 2.75) is 63.7 Å². The lowest BCUT2D eigenvalue weighted by atomic mass is 9.43. The summed E-state index contributed by atoms with van der Waals surface area (Å²) in [5, 5.41) is 2.69. The first-order chi connectivity index (χ1) is 21.9. The Balaban J connectivity index is 1.19. The highest BCUT2D eigenvalue weighted by molar-refractivity contribution is 6.15. The molecule has 1 heteroatoms. The normalized spacial score (nSPS) is 26.2. The quantitative estimate of drug-likeness (QED) is 0.191. The Hall–Kier alpha value is -4.10. The molecule has 0 atom stereocenters. The van der Waals surface area contributed by atoms with Gasteiger partial charge in [-0.3, -0.25) is 0 Å².